The molecule has 1 saturated heterocycles. The van der Waals surface area contributed by atoms with E-state index in [1.807, 2.05) is 0 Å². The van der Waals surface area contributed by atoms with Gasteiger partial charge in [0, 0.05) is 41.6 Å². The fourth-order valence-corrected chi connectivity index (χ4v) is 3.90. The zero-order valence-electron chi connectivity index (χ0n) is 18.3. The maximum Gasteiger partial charge on any atom is 0.300 e. The van der Waals surface area contributed by atoms with Crippen molar-refractivity contribution in [3.8, 4) is 0 Å². The molecule has 0 unspecified atom stereocenters. The predicted octanol–water partition coefficient (Wildman–Crippen LogP) is 4.32. The number of amides is 2. The summed E-state index contributed by atoms with van der Waals surface area (Å²) in [4.78, 5) is 48.9. The Hall–Kier alpha value is -4.86. The molecule has 9 nitrogen and oxygen atoms in total. The normalized spacial score (nSPS) is 16.9. The molecule has 0 radical (unpaired) electrons. The Balaban J connectivity index is 1.88. The molecular formula is C25H18FN3O6. The van der Waals surface area contributed by atoms with Crippen molar-refractivity contribution >= 4 is 40.4 Å². The minimum absolute atomic E-state index is 0.0268. The zero-order valence-corrected chi connectivity index (χ0v) is 18.3. The van der Waals surface area contributed by atoms with Gasteiger partial charge in [0.15, 0.2) is 0 Å². The molecule has 0 aromatic heterocycles. The summed E-state index contributed by atoms with van der Waals surface area (Å²) in [5.74, 6) is -3.63. The van der Waals surface area contributed by atoms with Crippen LogP contribution in [0.5, 0.6) is 0 Å². The van der Waals surface area contributed by atoms with Crippen LogP contribution in [0.15, 0.2) is 78.4 Å². The quantitative estimate of drug-likeness (QED) is 0.186. The van der Waals surface area contributed by atoms with E-state index in [0.29, 0.717) is 5.69 Å². The molecular weight excluding hydrogens is 457 g/mol. The third-order valence-corrected chi connectivity index (χ3v) is 5.46. The van der Waals surface area contributed by atoms with Crippen molar-refractivity contribution in [1.29, 1.82) is 0 Å². The Kier molecular flexibility index (Phi) is 6.11. The van der Waals surface area contributed by atoms with Crippen LogP contribution in [0, 0.1) is 15.9 Å². The van der Waals surface area contributed by atoms with E-state index in [-0.39, 0.29) is 34.0 Å². The van der Waals surface area contributed by atoms with Crippen LogP contribution in [0.4, 0.5) is 21.5 Å². The van der Waals surface area contributed by atoms with Crippen molar-refractivity contribution < 1.29 is 28.8 Å². The van der Waals surface area contributed by atoms with E-state index in [1.165, 1.54) is 67.6 Å². The fourth-order valence-electron chi connectivity index (χ4n) is 3.90. The number of Topliss-reactive ketones (excluding diaryl/α,β-unsaturated/α-hetero) is 1. The smallest absolute Gasteiger partial charge is 0.300 e. The molecule has 1 fully saturated rings. The summed E-state index contributed by atoms with van der Waals surface area (Å²) in [5.41, 5.74) is 0.118. The van der Waals surface area contributed by atoms with Crippen molar-refractivity contribution in [2.75, 3.05) is 10.2 Å². The lowest BCUT2D eigenvalue weighted by atomic mass is 9.94. The second kappa shape index (κ2) is 9.18. The van der Waals surface area contributed by atoms with Crippen LogP contribution >= 0.6 is 0 Å². The molecule has 176 valence electrons. The topological polar surface area (TPSA) is 130 Å². The number of nitro benzene ring substituents is 1. The van der Waals surface area contributed by atoms with Gasteiger partial charge in [-0.1, -0.05) is 18.2 Å². The van der Waals surface area contributed by atoms with Crippen molar-refractivity contribution in [2.24, 2.45) is 0 Å². The summed E-state index contributed by atoms with van der Waals surface area (Å²) in [5, 5.41) is 24.5. The van der Waals surface area contributed by atoms with E-state index < -0.39 is 34.2 Å². The lowest BCUT2D eigenvalue weighted by Gasteiger charge is -2.26. The van der Waals surface area contributed by atoms with Gasteiger partial charge in [-0.15, -0.1) is 0 Å². The zero-order chi connectivity index (χ0) is 25.3. The summed E-state index contributed by atoms with van der Waals surface area (Å²) in [7, 11) is 0. The molecule has 0 bridgehead atoms. The number of ketones is 1. The number of non-ortho nitro benzene ring substituents is 1. The first-order valence-electron chi connectivity index (χ1n) is 10.4. The first-order valence-corrected chi connectivity index (χ1v) is 10.4. The molecule has 2 N–H and O–H groups in total. The summed E-state index contributed by atoms with van der Waals surface area (Å²) < 4.78 is 14.9. The summed E-state index contributed by atoms with van der Waals surface area (Å²) in [6, 6.07) is 15.0. The molecule has 1 heterocycles. The number of carbonyl (C=O) groups excluding carboxylic acids is 3. The molecule has 2 amide bonds. The molecule has 0 aliphatic carbocycles. The lowest BCUT2D eigenvalue weighted by Crippen LogP contribution is -2.29. The lowest BCUT2D eigenvalue weighted by molar-refractivity contribution is -0.384. The highest BCUT2D eigenvalue weighted by Crippen LogP contribution is 2.43. The van der Waals surface area contributed by atoms with Gasteiger partial charge in [-0.05, 0) is 42.5 Å². The average molecular weight is 475 g/mol. The molecule has 3 aromatic carbocycles. The molecule has 1 aliphatic rings. The van der Waals surface area contributed by atoms with Crippen molar-refractivity contribution in [1.82, 2.24) is 0 Å². The number of nitrogens with one attached hydrogen (secondary N) is 1. The SMILES string of the molecule is CC(=O)Nc1ccc(N2C(=O)C(=O)C(=C(O)c3ccc([N+](=O)[O-])cc3)[C@H]2c2ccccc2F)cc1. The molecule has 1 aliphatic heterocycles. The summed E-state index contributed by atoms with van der Waals surface area (Å²) in [6.07, 6.45) is 0. The van der Waals surface area contributed by atoms with Gasteiger partial charge in [-0.25, -0.2) is 4.39 Å². The number of carbonyl (C=O) groups is 3. The van der Waals surface area contributed by atoms with Gasteiger partial charge < -0.3 is 10.4 Å². The van der Waals surface area contributed by atoms with Crippen molar-refractivity contribution in [3.05, 3.63) is 105 Å². The Morgan fingerprint density at radius 2 is 1.66 bits per heavy atom. The first kappa shape index (κ1) is 23.3. The van der Waals surface area contributed by atoms with Crippen LogP contribution in [0.1, 0.15) is 24.1 Å². The minimum atomic E-state index is -1.31. The average Bonchev–Trinajstić information content (AvgIpc) is 3.09. The maximum atomic E-state index is 14.9. The summed E-state index contributed by atoms with van der Waals surface area (Å²) >= 11 is 0. The number of nitro groups is 1. The van der Waals surface area contributed by atoms with Crippen LogP contribution in [0.2, 0.25) is 0 Å². The molecule has 4 rings (SSSR count). The Morgan fingerprint density at radius 3 is 2.23 bits per heavy atom. The number of rotatable bonds is 5. The van der Waals surface area contributed by atoms with Crippen LogP contribution in [-0.2, 0) is 14.4 Å². The van der Waals surface area contributed by atoms with E-state index in [4.69, 9.17) is 0 Å². The molecule has 0 spiro atoms. The largest absolute Gasteiger partial charge is 0.507 e. The van der Waals surface area contributed by atoms with Crippen molar-refractivity contribution in [3.63, 3.8) is 0 Å². The van der Waals surface area contributed by atoms with Gasteiger partial charge in [0.25, 0.3) is 17.4 Å². The number of halogens is 1. The number of anilines is 2. The third kappa shape index (κ3) is 4.36. The Bertz CT molecular complexity index is 1380. The number of hydrogen-bond acceptors (Lipinski definition) is 6. The van der Waals surface area contributed by atoms with Crippen LogP contribution in [0.3, 0.4) is 0 Å². The number of hydrogen-bond donors (Lipinski definition) is 2. The van der Waals surface area contributed by atoms with E-state index in [9.17, 15) is 34.0 Å². The Morgan fingerprint density at radius 1 is 1.03 bits per heavy atom. The number of benzene rings is 3. The maximum absolute atomic E-state index is 14.9. The van der Waals surface area contributed by atoms with Gasteiger partial charge in [0.05, 0.1) is 16.5 Å². The van der Waals surface area contributed by atoms with Crippen molar-refractivity contribution in [2.45, 2.75) is 13.0 Å². The number of nitrogens with zero attached hydrogens (tertiary/aromatic N) is 2. The number of aliphatic hydroxyl groups is 1. The van der Waals surface area contributed by atoms with Gasteiger partial charge in [-0.3, -0.25) is 29.4 Å². The molecule has 1 atom stereocenters. The first-order chi connectivity index (χ1) is 16.7. The molecule has 35 heavy (non-hydrogen) atoms. The van der Waals surface area contributed by atoms with Crippen LogP contribution in [-0.4, -0.2) is 27.6 Å². The van der Waals surface area contributed by atoms with Crippen LogP contribution < -0.4 is 10.2 Å². The van der Waals surface area contributed by atoms with Gasteiger partial charge in [0.2, 0.25) is 5.91 Å². The highest BCUT2D eigenvalue weighted by Gasteiger charge is 2.47. The molecule has 10 heteroatoms. The second-order valence-corrected chi connectivity index (χ2v) is 7.72. The minimum Gasteiger partial charge on any atom is -0.507 e. The Labute approximate surface area is 198 Å². The van der Waals surface area contributed by atoms with Gasteiger partial charge in [0.1, 0.15) is 11.6 Å². The highest BCUT2D eigenvalue weighted by molar-refractivity contribution is 6.51. The number of aliphatic hydroxyl groups excluding tert-OH is 1. The van der Waals surface area contributed by atoms with Gasteiger partial charge in [-0.2, -0.15) is 0 Å². The fraction of sp³-hybridized carbons (Fsp3) is 0.0800. The third-order valence-electron chi connectivity index (χ3n) is 5.46. The predicted molar refractivity (Wildman–Crippen MR) is 125 cm³/mol. The second-order valence-electron chi connectivity index (χ2n) is 7.72. The van der Waals surface area contributed by atoms with E-state index >= 15 is 0 Å². The van der Waals surface area contributed by atoms with E-state index in [1.54, 1.807) is 0 Å². The van der Waals surface area contributed by atoms with Crippen LogP contribution in [0.25, 0.3) is 5.76 Å². The van der Waals surface area contributed by atoms with E-state index in [2.05, 4.69) is 5.32 Å². The summed E-state index contributed by atoms with van der Waals surface area (Å²) in [6.45, 7) is 1.34. The standard InChI is InChI=1S/C25H18FN3O6/c1-14(30)27-16-8-12-17(13-9-16)28-22(19-4-2-3-5-20(19)26)21(24(32)25(28)33)23(31)15-6-10-18(11-7-15)29(34)35/h2-13,22,31H,1H3,(H,27,30)/t22-/m1/s1. The molecule has 3 aromatic rings. The highest BCUT2D eigenvalue weighted by atomic mass is 19.1. The monoisotopic (exact) mass is 475 g/mol. The molecule has 0 saturated carbocycles. The van der Waals surface area contributed by atoms with E-state index in [0.717, 1.165) is 17.0 Å². The van der Waals surface area contributed by atoms with Gasteiger partial charge >= 0.3 is 0 Å².